The monoisotopic (exact) mass is 381 g/mol. The molecule has 1 aliphatic rings. The number of aliphatic carboxylic acids is 2. The van der Waals surface area contributed by atoms with E-state index in [0.717, 1.165) is 0 Å². The maximum absolute atomic E-state index is 12.3. The van der Waals surface area contributed by atoms with Crippen LogP contribution in [0, 0.1) is 0 Å². The Labute approximate surface area is 151 Å². The van der Waals surface area contributed by atoms with Crippen LogP contribution in [0.1, 0.15) is 18.5 Å². The number of rotatable bonds is 6. The van der Waals surface area contributed by atoms with E-state index < -0.39 is 46.1 Å². The Morgan fingerprint density at radius 2 is 1.88 bits per heavy atom. The highest BCUT2D eigenvalue weighted by molar-refractivity contribution is 7.86. The summed E-state index contributed by atoms with van der Waals surface area (Å²) in [7, 11) is -1.74. The van der Waals surface area contributed by atoms with Crippen LogP contribution in [0.3, 0.4) is 0 Å². The molecule has 26 heavy (non-hydrogen) atoms. The number of benzene rings is 1. The van der Waals surface area contributed by atoms with Gasteiger partial charge in [0.25, 0.3) is 0 Å². The molecule has 6 N–H and O–H groups in total. The van der Waals surface area contributed by atoms with Crippen molar-refractivity contribution in [3.63, 3.8) is 0 Å². The van der Waals surface area contributed by atoms with Gasteiger partial charge in [0.1, 0.15) is 17.1 Å². The minimum atomic E-state index is -1.74. The van der Waals surface area contributed by atoms with Gasteiger partial charge in [-0.25, -0.2) is 9.59 Å². The zero-order valence-corrected chi connectivity index (χ0v) is 14.7. The molecule has 4 atom stereocenters. The Kier molecular flexibility index (Phi) is 6.11. The summed E-state index contributed by atoms with van der Waals surface area (Å²) in [6.45, 7) is 1.49. The summed E-state index contributed by atoms with van der Waals surface area (Å²) in [5, 5.41) is 22.0. The topological polar surface area (TPSA) is 159 Å². The van der Waals surface area contributed by atoms with Crippen molar-refractivity contribution in [3.8, 4) is 0 Å². The van der Waals surface area contributed by atoms with E-state index in [2.05, 4.69) is 10.6 Å². The number of nitrogens with two attached hydrogens (primary N) is 1. The molecule has 140 valence electrons. The first-order chi connectivity index (χ1) is 12.2. The fourth-order valence-electron chi connectivity index (χ4n) is 2.51. The zero-order chi connectivity index (χ0) is 19.4. The Bertz CT molecular complexity index is 779. The third-order valence-electron chi connectivity index (χ3n) is 3.88. The van der Waals surface area contributed by atoms with Crippen LogP contribution in [0.15, 0.2) is 41.6 Å². The molecule has 0 saturated carbocycles. The molecule has 2 rings (SSSR count). The van der Waals surface area contributed by atoms with E-state index in [1.807, 2.05) is 0 Å². The quantitative estimate of drug-likeness (QED) is 0.432. The number of hydrogen-bond donors (Lipinski definition) is 5. The second-order valence-corrected chi connectivity index (χ2v) is 7.32. The number of carboxylic acids is 2. The van der Waals surface area contributed by atoms with E-state index in [0.29, 0.717) is 11.1 Å². The van der Waals surface area contributed by atoms with Crippen molar-refractivity contribution < 1.29 is 28.8 Å². The molecular formula is C16H19N3O6S. The molecular weight excluding hydrogens is 362 g/mol. The van der Waals surface area contributed by atoms with Gasteiger partial charge in [-0.1, -0.05) is 30.3 Å². The van der Waals surface area contributed by atoms with E-state index in [4.69, 9.17) is 5.73 Å². The van der Waals surface area contributed by atoms with Crippen molar-refractivity contribution in [2.45, 2.75) is 24.4 Å². The molecule has 0 bridgehead atoms. The summed E-state index contributed by atoms with van der Waals surface area (Å²) in [4.78, 5) is 35.2. The number of nitrogens with one attached hydrogen (secondary N) is 2. The molecule has 1 heterocycles. The van der Waals surface area contributed by atoms with Crippen LogP contribution < -0.4 is 16.4 Å². The lowest BCUT2D eigenvalue weighted by Crippen LogP contribution is -2.59. The largest absolute Gasteiger partial charge is 0.480 e. The smallest absolute Gasteiger partial charge is 0.351 e. The van der Waals surface area contributed by atoms with Gasteiger partial charge in [-0.2, -0.15) is 0 Å². The zero-order valence-electron chi connectivity index (χ0n) is 13.8. The van der Waals surface area contributed by atoms with Gasteiger partial charge >= 0.3 is 11.9 Å². The molecule has 10 heteroatoms. The SMILES string of the molecule is CC1=C(C(=O)O)N[C@@H]([C@H](NC(=O)C(N)c2ccccc2)C(=O)O)S(=O)C1. The van der Waals surface area contributed by atoms with E-state index in [9.17, 15) is 28.8 Å². The lowest BCUT2D eigenvalue weighted by atomic mass is 10.1. The first-order valence-corrected chi connectivity index (χ1v) is 9.01. The highest BCUT2D eigenvalue weighted by Crippen LogP contribution is 2.17. The molecule has 9 nitrogen and oxygen atoms in total. The molecule has 1 aromatic rings. The average molecular weight is 381 g/mol. The summed E-state index contributed by atoms with van der Waals surface area (Å²) < 4.78 is 12.3. The first kappa shape index (κ1) is 19.6. The third kappa shape index (κ3) is 4.27. The van der Waals surface area contributed by atoms with E-state index in [-0.39, 0.29) is 11.4 Å². The summed E-state index contributed by atoms with van der Waals surface area (Å²) in [6.07, 6.45) is 0. The average Bonchev–Trinajstić information content (AvgIpc) is 2.59. The van der Waals surface area contributed by atoms with Crippen LogP contribution in [0.5, 0.6) is 0 Å². The lowest BCUT2D eigenvalue weighted by molar-refractivity contribution is -0.142. The van der Waals surface area contributed by atoms with Crippen LogP contribution >= 0.6 is 0 Å². The van der Waals surface area contributed by atoms with E-state index >= 15 is 0 Å². The van der Waals surface area contributed by atoms with Crippen molar-refractivity contribution in [1.29, 1.82) is 0 Å². The highest BCUT2D eigenvalue weighted by Gasteiger charge is 2.39. The van der Waals surface area contributed by atoms with Gasteiger partial charge in [0.2, 0.25) is 5.91 Å². The minimum absolute atomic E-state index is 0.107. The van der Waals surface area contributed by atoms with Gasteiger partial charge in [-0.05, 0) is 18.1 Å². The van der Waals surface area contributed by atoms with Gasteiger partial charge in [0.05, 0.1) is 10.8 Å². The molecule has 0 spiro atoms. The molecule has 0 aromatic heterocycles. The van der Waals surface area contributed by atoms with Gasteiger partial charge in [0, 0.05) is 5.75 Å². The molecule has 2 unspecified atom stereocenters. The molecule has 1 aliphatic heterocycles. The Balaban J connectivity index is 2.21. The van der Waals surface area contributed by atoms with Crippen molar-refractivity contribution in [3.05, 3.63) is 47.2 Å². The maximum atomic E-state index is 12.3. The second-order valence-electron chi connectivity index (χ2n) is 5.76. The predicted molar refractivity (Wildman–Crippen MR) is 93.2 cm³/mol. The van der Waals surface area contributed by atoms with Gasteiger partial charge < -0.3 is 26.6 Å². The number of amides is 1. The van der Waals surface area contributed by atoms with Crippen LogP contribution in [-0.2, 0) is 25.2 Å². The summed E-state index contributed by atoms with van der Waals surface area (Å²) >= 11 is 0. The van der Waals surface area contributed by atoms with Gasteiger partial charge in [0.15, 0.2) is 6.04 Å². The Morgan fingerprint density at radius 1 is 1.27 bits per heavy atom. The standard InChI is InChI=1S/C16H19N3O6S/c1-8-7-26(25)14(19-11(8)15(21)22)12(16(23)24)18-13(20)10(17)9-5-3-2-4-6-9/h2-6,10,12,14,19H,7,17H2,1H3,(H,18,20)(H,21,22)(H,23,24)/t10?,12-,14+,26?/m0/s1. The fourth-order valence-corrected chi connectivity index (χ4v) is 4.00. The summed E-state index contributed by atoms with van der Waals surface area (Å²) in [5.41, 5.74) is 6.44. The summed E-state index contributed by atoms with van der Waals surface area (Å²) in [6, 6.07) is 5.61. The molecule has 1 aromatic carbocycles. The number of carboxylic acid groups (broad SMARTS) is 2. The van der Waals surface area contributed by atoms with Crippen molar-refractivity contribution in [1.82, 2.24) is 10.6 Å². The van der Waals surface area contributed by atoms with Crippen LogP contribution in [0.2, 0.25) is 0 Å². The fraction of sp³-hybridized carbons (Fsp3) is 0.312. The van der Waals surface area contributed by atoms with Crippen LogP contribution in [-0.4, -0.2) is 49.4 Å². The second kappa shape index (κ2) is 8.11. The molecule has 0 saturated heterocycles. The summed E-state index contributed by atoms with van der Waals surface area (Å²) in [5.74, 6) is -3.62. The third-order valence-corrected chi connectivity index (χ3v) is 5.55. The Hall–Kier alpha value is -2.72. The number of hydrogen-bond acceptors (Lipinski definition) is 6. The molecule has 0 radical (unpaired) electrons. The lowest BCUT2D eigenvalue weighted by Gasteiger charge is -2.31. The van der Waals surface area contributed by atoms with E-state index in [1.165, 1.54) is 6.92 Å². The maximum Gasteiger partial charge on any atom is 0.351 e. The van der Waals surface area contributed by atoms with Crippen LogP contribution in [0.4, 0.5) is 0 Å². The predicted octanol–water partition coefficient (Wildman–Crippen LogP) is -0.708. The molecule has 1 amide bonds. The minimum Gasteiger partial charge on any atom is -0.480 e. The van der Waals surface area contributed by atoms with Crippen molar-refractivity contribution >= 4 is 28.6 Å². The van der Waals surface area contributed by atoms with Crippen molar-refractivity contribution in [2.75, 3.05) is 5.75 Å². The van der Waals surface area contributed by atoms with Crippen LogP contribution in [0.25, 0.3) is 0 Å². The highest BCUT2D eigenvalue weighted by atomic mass is 32.2. The van der Waals surface area contributed by atoms with Gasteiger partial charge in [-0.15, -0.1) is 0 Å². The molecule has 0 fully saturated rings. The molecule has 0 aliphatic carbocycles. The number of carbonyl (C=O) groups excluding carboxylic acids is 1. The van der Waals surface area contributed by atoms with E-state index in [1.54, 1.807) is 30.3 Å². The normalized spacial score (nSPS) is 22.1. The first-order valence-electron chi connectivity index (χ1n) is 7.62. The number of carbonyl (C=O) groups is 3. The Morgan fingerprint density at radius 3 is 2.42 bits per heavy atom. The van der Waals surface area contributed by atoms with Gasteiger partial charge in [-0.3, -0.25) is 9.00 Å². The van der Waals surface area contributed by atoms with Crippen molar-refractivity contribution in [2.24, 2.45) is 5.73 Å².